The number of halogens is 2. The molecule has 2 rings (SSSR count). The number of benzene rings is 2. The Morgan fingerprint density at radius 2 is 1.48 bits per heavy atom. The van der Waals surface area contributed by atoms with Crippen molar-refractivity contribution in [3.8, 4) is 23.0 Å². The van der Waals surface area contributed by atoms with E-state index in [0.29, 0.717) is 17.2 Å². The predicted molar refractivity (Wildman–Crippen MR) is 117 cm³/mol. The summed E-state index contributed by atoms with van der Waals surface area (Å²) in [5.74, 6) is 0.0201. The zero-order valence-electron chi connectivity index (χ0n) is 17.5. The average molecular weight is 470 g/mol. The third-order valence-corrected chi connectivity index (χ3v) is 4.75. The van der Waals surface area contributed by atoms with E-state index in [1.54, 1.807) is 0 Å². The number of amides is 1. The van der Waals surface area contributed by atoms with Gasteiger partial charge in [0.25, 0.3) is 5.91 Å². The predicted octanol–water partition coefficient (Wildman–Crippen LogP) is 4.71. The van der Waals surface area contributed by atoms with Crippen molar-refractivity contribution < 1.29 is 28.5 Å². The normalized spacial score (nSPS) is 11.7. The third-order valence-electron chi connectivity index (χ3n) is 4.08. The second-order valence-corrected chi connectivity index (χ2v) is 6.85. The molecule has 1 amide bonds. The standard InChI is InChI=1S/C20H21Cl2N3O6/c1-10(26)18(25-24-11-6-14(29-3)17(22)15(7-11)30-4)20(27)23-19-13(21)8-12(28-2)9-16(19)31-5/h6-9,18H,1-5H3,(H,23,27). The lowest BCUT2D eigenvalue weighted by Crippen LogP contribution is -2.32. The van der Waals surface area contributed by atoms with Crippen LogP contribution in [0.4, 0.5) is 11.4 Å². The Balaban J connectivity index is 2.34. The first-order chi connectivity index (χ1) is 14.7. The zero-order chi connectivity index (χ0) is 23.1. The fourth-order valence-corrected chi connectivity index (χ4v) is 3.02. The van der Waals surface area contributed by atoms with Crippen molar-refractivity contribution in [2.75, 3.05) is 33.8 Å². The molecule has 166 valence electrons. The number of Topliss-reactive ketones (excluding diaryl/α,β-unsaturated/α-hetero) is 1. The summed E-state index contributed by atoms with van der Waals surface area (Å²) in [4.78, 5) is 24.8. The number of hydrogen-bond acceptors (Lipinski definition) is 8. The van der Waals surface area contributed by atoms with E-state index in [4.69, 9.17) is 42.1 Å². The lowest BCUT2D eigenvalue weighted by atomic mass is 10.2. The number of nitrogens with zero attached hydrogens (tertiary/aromatic N) is 2. The molecule has 0 saturated heterocycles. The Morgan fingerprint density at radius 3 is 1.97 bits per heavy atom. The lowest BCUT2D eigenvalue weighted by molar-refractivity contribution is -0.126. The maximum absolute atomic E-state index is 12.7. The summed E-state index contributed by atoms with van der Waals surface area (Å²) < 4.78 is 20.7. The van der Waals surface area contributed by atoms with Crippen molar-refractivity contribution in [2.45, 2.75) is 13.0 Å². The molecule has 0 aromatic heterocycles. The minimum Gasteiger partial charge on any atom is -0.497 e. The average Bonchev–Trinajstić information content (AvgIpc) is 2.75. The lowest BCUT2D eigenvalue weighted by Gasteiger charge is -2.15. The number of ether oxygens (including phenoxy) is 4. The van der Waals surface area contributed by atoms with Gasteiger partial charge in [0.2, 0.25) is 6.04 Å². The molecule has 0 spiro atoms. The first-order valence-corrected chi connectivity index (χ1v) is 9.56. The van der Waals surface area contributed by atoms with Crippen molar-refractivity contribution >= 4 is 46.3 Å². The van der Waals surface area contributed by atoms with Gasteiger partial charge in [0, 0.05) is 24.3 Å². The second-order valence-electron chi connectivity index (χ2n) is 6.07. The Bertz CT molecular complexity index is 988. The Kier molecular flexibility index (Phi) is 8.47. The van der Waals surface area contributed by atoms with E-state index in [0.717, 1.165) is 0 Å². The Morgan fingerprint density at radius 1 is 0.903 bits per heavy atom. The number of nitrogens with one attached hydrogen (secondary N) is 1. The van der Waals surface area contributed by atoms with E-state index < -0.39 is 17.7 Å². The van der Waals surface area contributed by atoms with Gasteiger partial charge in [-0.05, 0) is 6.92 Å². The van der Waals surface area contributed by atoms with Gasteiger partial charge in [0.05, 0.1) is 39.1 Å². The van der Waals surface area contributed by atoms with Crippen molar-refractivity contribution in [3.05, 3.63) is 34.3 Å². The van der Waals surface area contributed by atoms with Crippen LogP contribution in [-0.2, 0) is 9.59 Å². The van der Waals surface area contributed by atoms with Crippen LogP contribution < -0.4 is 24.3 Å². The molecule has 11 heteroatoms. The molecule has 2 aromatic rings. The van der Waals surface area contributed by atoms with E-state index in [9.17, 15) is 9.59 Å². The van der Waals surface area contributed by atoms with Gasteiger partial charge in [0.1, 0.15) is 33.7 Å². The summed E-state index contributed by atoms with van der Waals surface area (Å²) in [6.07, 6.45) is 0. The number of anilines is 1. The number of ketones is 1. The van der Waals surface area contributed by atoms with Crippen LogP contribution in [0.2, 0.25) is 10.0 Å². The van der Waals surface area contributed by atoms with Crippen LogP contribution in [0.1, 0.15) is 6.92 Å². The fourth-order valence-electron chi connectivity index (χ4n) is 2.51. The van der Waals surface area contributed by atoms with Crippen LogP contribution >= 0.6 is 23.2 Å². The summed E-state index contributed by atoms with van der Waals surface area (Å²) in [5, 5.41) is 10.8. The van der Waals surface area contributed by atoms with E-state index in [1.165, 1.54) is 59.6 Å². The largest absolute Gasteiger partial charge is 0.497 e. The van der Waals surface area contributed by atoms with Crippen LogP contribution in [0.25, 0.3) is 0 Å². The van der Waals surface area contributed by atoms with Crippen LogP contribution in [-0.4, -0.2) is 46.2 Å². The smallest absolute Gasteiger partial charge is 0.258 e. The quantitative estimate of drug-likeness (QED) is 0.420. The molecule has 0 saturated carbocycles. The van der Waals surface area contributed by atoms with Crippen LogP contribution in [0, 0.1) is 0 Å². The molecular formula is C20H21Cl2N3O6. The van der Waals surface area contributed by atoms with Crippen LogP contribution in [0.3, 0.4) is 0 Å². The van der Waals surface area contributed by atoms with Gasteiger partial charge in [-0.3, -0.25) is 9.59 Å². The molecule has 1 unspecified atom stereocenters. The minimum absolute atomic E-state index is 0.163. The van der Waals surface area contributed by atoms with Gasteiger partial charge in [-0.2, -0.15) is 10.2 Å². The van der Waals surface area contributed by atoms with Crippen LogP contribution in [0.5, 0.6) is 23.0 Å². The highest BCUT2D eigenvalue weighted by Crippen LogP contribution is 2.39. The molecule has 31 heavy (non-hydrogen) atoms. The van der Waals surface area contributed by atoms with Gasteiger partial charge in [-0.1, -0.05) is 23.2 Å². The number of rotatable bonds is 9. The second kappa shape index (κ2) is 10.8. The fraction of sp³-hybridized carbons (Fsp3) is 0.300. The Hall–Kier alpha value is -3.04. The molecule has 0 aliphatic heterocycles. The maximum atomic E-state index is 12.7. The van der Waals surface area contributed by atoms with Crippen molar-refractivity contribution in [2.24, 2.45) is 10.2 Å². The van der Waals surface area contributed by atoms with Gasteiger partial charge in [-0.15, -0.1) is 0 Å². The molecule has 0 bridgehead atoms. The van der Waals surface area contributed by atoms with Crippen molar-refractivity contribution in [1.82, 2.24) is 0 Å². The Labute approximate surface area is 189 Å². The number of carbonyl (C=O) groups excluding carboxylic acids is 2. The van der Waals surface area contributed by atoms with E-state index in [1.807, 2.05) is 0 Å². The highest BCUT2D eigenvalue weighted by Gasteiger charge is 2.25. The summed E-state index contributed by atoms with van der Waals surface area (Å²) in [7, 11) is 5.74. The first kappa shape index (κ1) is 24.2. The van der Waals surface area contributed by atoms with Crippen LogP contribution in [0.15, 0.2) is 34.5 Å². The number of hydrogen-bond donors (Lipinski definition) is 1. The van der Waals surface area contributed by atoms with E-state index in [-0.39, 0.29) is 27.2 Å². The first-order valence-electron chi connectivity index (χ1n) is 8.80. The van der Waals surface area contributed by atoms with Gasteiger partial charge in [-0.25, -0.2) is 0 Å². The number of carbonyl (C=O) groups is 2. The van der Waals surface area contributed by atoms with E-state index in [2.05, 4.69) is 15.5 Å². The molecule has 0 heterocycles. The maximum Gasteiger partial charge on any atom is 0.258 e. The van der Waals surface area contributed by atoms with Crippen molar-refractivity contribution in [3.63, 3.8) is 0 Å². The van der Waals surface area contributed by atoms with E-state index >= 15 is 0 Å². The topological polar surface area (TPSA) is 108 Å². The molecule has 0 aliphatic rings. The summed E-state index contributed by atoms with van der Waals surface area (Å²) in [6.45, 7) is 1.22. The van der Waals surface area contributed by atoms with Gasteiger partial charge >= 0.3 is 0 Å². The molecule has 0 fully saturated rings. The van der Waals surface area contributed by atoms with Crippen molar-refractivity contribution in [1.29, 1.82) is 0 Å². The SMILES string of the molecule is COc1cc(Cl)c(NC(=O)C(N=Nc2cc(OC)c(Cl)c(OC)c2)C(C)=O)c(OC)c1. The summed E-state index contributed by atoms with van der Waals surface area (Å²) in [6, 6.07) is 4.59. The molecular weight excluding hydrogens is 449 g/mol. The summed E-state index contributed by atoms with van der Waals surface area (Å²) in [5.41, 5.74) is 0.448. The molecule has 9 nitrogen and oxygen atoms in total. The number of methoxy groups -OCH3 is 4. The molecule has 1 N–H and O–H groups in total. The monoisotopic (exact) mass is 469 g/mol. The summed E-state index contributed by atoms with van der Waals surface area (Å²) >= 11 is 12.3. The third kappa shape index (κ3) is 5.77. The molecule has 0 aliphatic carbocycles. The van der Waals surface area contributed by atoms with Gasteiger partial charge < -0.3 is 24.3 Å². The molecule has 2 aromatic carbocycles. The van der Waals surface area contributed by atoms with Gasteiger partial charge in [0.15, 0.2) is 5.78 Å². The highest BCUT2D eigenvalue weighted by atomic mass is 35.5. The number of azo groups is 1. The zero-order valence-corrected chi connectivity index (χ0v) is 19.0. The minimum atomic E-state index is -1.43. The molecule has 1 atom stereocenters. The molecule has 0 radical (unpaired) electrons. The highest BCUT2D eigenvalue weighted by molar-refractivity contribution is 6.34.